The minimum Gasteiger partial charge on any atom is -0.312 e. The van der Waals surface area contributed by atoms with Gasteiger partial charge in [-0.2, -0.15) is 0 Å². The smallest absolute Gasteiger partial charge is 0.312 e. The average Bonchev–Trinajstić information content (AvgIpc) is 2.38. The third-order valence-corrected chi connectivity index (χ3v) is 2.76. The molecule has 1 aromatic carbocycles. The van der Waals surface area contributed by atoms with Crippen LogP contribution in [0.15, 0.2) is 53.2 Å². The van der Waals surface area contributed by atoms with Gasteiger partial charge in [0.1, 0.15) is 5.71 Å². The number of carbonyl (C=O) groups excluding carboxylic acids is 2. The fraction of sp³-hybridized carbons (Fsp3) is 0.133. The molecule has 0 heterocycles. The van der Waals surface area contributed by atoms with Gasteiger partial charge in [0, 0.05) is 0 Å². The normalized spacial score (nSPS) is 16.4. The number of ketones is 1. The van der Waals surface area contributed by atoms with E-state index in [4.69, 9.17) is 4.84 Å². The van der Waals surface area contributed by atoms with E-state index < -0.39 is 5.97 Å². The maximum atomic E-state index is 11.8. The second kappa shape index (κ2) is 5.44. The molecule has 1 aromatic rings. The Hall–Kier alpha value is -2.49. The molecule has 0 radical (unpaired) electrons. The Kier molecular flexibility index (Phi) is 3.71. The molecule has 0 aromatic heterocycles. The number of oxime groups is 1. The molecular weight excluding hydrogens is 242 g/mol. The van der Waals surface area contributed by atoms with Gasteiger partial charge in [0.2, 0.25) is 0 Å². The molecular formula is C15H13NO3. The summed E-state index contributed by atoms with van der Waals surface area (Å²) in [5.74, 6) is -0.606. The summed E-state index contributed by atoms with van der Waals surface area (Å²) in [6, 6.07) is 7.12. The summed E-state index contributed by atoms with van der Waals surface area (Å²) in [6.45, 7) is 3.57. The van der Waals surface area contributed by atoms with Crippen LogP contribution >= 0.6 is 0 Å². The second-order valence-corrected chi connectivity index (χ2v) is 4.23. The van der Waals surface area contributed by atoms with Crippen LogP contribution in [-0.4, -0.2) is 17.5 Å². The summed E-state index contributed by atoms with van der Waals surface area (Å²) in [4.78, 5) is 27.8. The number of rotatable bonds is 2. The Balaban J connectivity index is 2.13. The Bertz CT molecular complexity index is 624. The molecule has 0 unspecified atom stereocenters. The molecule has 0 fully saturated rings. The van der Waals surface area contributed by atoms with Gasteiger partial charge in [-0.15, -0.1) is 0 Å². The van der Waals surface area contributed by atoms with Gasteiger partial charge < -0.3 is 4.84 Å². The Labute approximate surface area is 111 Å². The van der Waals surface area contributed by atoms with Crippen LogP contribution in [-0.2, 0) is 9.63 Å². The van der Waals surface area contributed by atoms with Crippen molar-refractivity contribution in [2.45, 2.75) is 13.8 Å². The first kappa shape index (κ1) is 13.0. The summed E-state index contributed by atoms with van der Waals surface area (Å²) in [5, 5.41) is 3.78. The number of hydrogen-bond acceptors (Lipinski definition) is 4. The van der Waals surface area contributed by atoms with Crippen molar-refractivity contribution in [3.05, 3.63) is 59.2 Å². The van der Waals surface area contributed by atoms with Crippen molar-refractivity contribution in [1.82, 2.24) is 0 Å². The fourth-order valence-corrected chi connectivity index (χ4v) is 1.67. The summed E-state index contributed by atoms with van der Waals surface area (Å²) < 4.78 is 0. The number of carbonyl (C=O) groups is 2. The van der Waals surface area contributed by atoms with E-state index in [0.29, 0.717) is 16.8 Å². The van der Waals surface area contributed by atoms with E-state index in [0.717, 1.165) is 5.56 Å². The maximum Gasteiger partial charge on any atom is 0.366 e. The molecule has 0 saturated heterocycles. The van der Waals surface area contributed by atoms with E-state index >= 15 is 0 Å². The van der Waals surface area contributed by atoms with Gasteiger partial charge in [-0.3, -0.25) is 4.79 Å². The van der Waals surface area contributed by atoms with Gasteiger partial charge in [-0.25, -0.2) is 4.79 Å². The zero-order chi connectivity index (χ0) is 13.8. The van der Waals surface area contributed by atoms with Crippen LogP contribution in [0.1, 0.15) is 22.8 Å². The molecule has 0 saturated carbocycles. The Morgan fingerprint density at radius 1 is 1.16 bits per heavy atom. The van der Waals surface area contributed by atoms with Crippen LogP contribution < -0.4 is 0 Å². The summed E-state index contributed by atoms with van der Waals surface area (Å²) in [6.07, 6.45) is 4.36. The molecule has 0 spiro atoms. The molecule has 96 valence electrons. The fourth-order valence-electron chi connectivity index (χ4n) is 1.67. The van der Waals surface area contributed by atoms with Gasteiger partial charge in [-0.1, -0.05) is 23.4 Å². The molecule has 0 N–H and O–H groups in total. The first-order valence-electron chi connectivity index (χ1n) is 5.83. The quantitative estimate of drug-likeness (QED) is 0.463. The lowest BCUT2D eigenvalue weighted by Crippen LogP contribution is -2.09. The highest BCUT2D eigenvalue weighted by Gasteiger charge is 2.12. The van der Waals surface area contributed by atoms with E-state index in [1.165, 1.54) is 18.2 Å². The predicted octanol–water partition coefficient (Wildman–Crippen LogP) is 2.59. The zero-order valence-electron chi connectivity index (χ0n) is 10.7. The monoisotopic (exact) mass is 255 g/mol. The SMILES string of the molecule is CC1=CC(=O)C=CC1=NOC(=O)c1ccccc1C. The Morgan fingerprint density at radius 2 is 1.89 bits per heavy atom. The van der Waals surface area contributed by atoms with E-state index in [1.807, 2.05) is 19.1 Å². The standard InChI is InChI=1S/C15H13NO3/c1-10-5-3-4-6-13(10)15(18)19-16-14-8-7-12(17)9-11(14)2/h3-9H,1-2H3. The van der Waals surface area contributed by atoms with Crippen molar-refractivity contribution < 1.29 is 14.4 Å². The van der Waals surface area contributed by atoms with Gasteiger partial charge in [0.25, 0.3) is 0 Å². The third kappa shape index (κ3) is 3.04. The predicted molar refractivity (Wildman–Crippen MR) is 71.9 cm³/mol. The minimum atomic E-state index is -0.510. The van der Waals surface area contributed by atoms with E-state index in [1.54, 1.807) is 19.1 Å². The average molecular weight is 255 g/mol. The van der Waals surface area contributed by atoms with Crippen LogP contribution in [0.4, 0.5) is 0 Å². The number of aryl methyl sites for hydroxylation is 1. The molecule has 4 heteroatoms. The highest BCUT2D eigenvalue weighted by molar-refractivity contribution is 6.19. The minimum absolute atomic E-state index is 0.0957. The Morgan fingerprint density at radius 3 is 2.58 bits per heavy atom. The lowest BCUT2D eigenvalue weighted by Gasteiger charge is -2.06. The molecule has 1 aliphatic rings. The summed E-state index contributed by atoms with van der Waals surface area (Å²) in [5.41, 5.74) is 2.45. The molecule has 4 nitrogen and oxygen atoms in total. The second-order valence-electron chi connectivity index (χ2n) is 4.23. The highest BCUT2D eigenvalue weighted by atomic mass is 16.7. The summed E-state index contributed by atoms with van der Waals surface area (Å²) in [7, 11) is 0. The van der Waals surface area contributed by atoms with Crippen molar-refractivity contribution >= 4 is 17.5 Å². The molecule has 0 bridgehead atoms. The van der Waals surface area contributed by atoms with Gasteiger partial charge in [0.15, 0.2) is 5.78 Å². The number of benzene rings is 1. The van der Waals surface area contributed by atoms with Crippen LogP contribution in [0.2, 0.25) is 0 Å². The van der Waals surface area contributed by atoms with Crippen molar-refractivity contribution in [1.29, 1.82) is 0 Å². The van der Waals surface area contributed by atoms with Crippen LogP contribution in [0.3, 0.4) is 0 Å². The first-order valence-corrected chi connectivity index (χ1v) is 5.83. The van der Waals surface area contributed by atoms with E-state index in [-0.39, 0.29) is 5.78 Å². The molecule has 19 heavy (non-hydrogen) atoms. The number of nitrogens with zero attached hydrogens (tertiary/aromatic N) is 1. The largest absolute Gasteiger partial charge is 0.366 e. The molecule has 1 aliphatic carbocycles. The lowest BCUT2D eigenvalue weighted by molar-refractivity contribution is -0.110. The van der Waals surface area contributed by atoms with Gasteiger partial charge >= 0.3 is 5.97 Å². The van der Waals surface area contributed by atoms with Gasteiger partial charge in [0.05, 0.1) is 5.56 Å². The lowest BCUT2D eigenvalue weighted by atomic mass is 10.1. The third-order valence-electron chi connectivity index (χ3n) is 2.76. The molecule has 0 amide bonds. The first-order chi connectivity index (χ1) is 9.08. The maximum absolute atomic E-state index is 11.8. The molecule has 0 aliphatic heterocycles. The van der Waals surface area contributed by atoms with Crippen LogP contribution in [0.25, 0.3) is 0 Å². The van der Waals surface area contributed by atoms with Crippen LogP contribution in [0, 0.1) is 6.92 Å². The van der Waals surface area contributed by atoms with Crippen molar-refractivity contribution in [3.8, 4) is 0 Å². The topological polar surface area (TPSA) is 55.7 Å². The number of hydrogen-bond donors (Lipinski definition) is 0. The van der Waals surface area contributed by atoms with E-state index in [9.17, 15) is 9.59 Å². The zero-order valence-corrected chi connectivity index (χ0v) is 10.7. The number of allylic oxidation sites excluding steroid dienone is 4. The summed E-state index contributed by atoms with van der Waals surface area (Å²) >= 11 is 0. The van der Waals surface area contributed by atoms with Crippen LogP contribution in [0.5, 0.6) is 0 Å². The molecule has 2 rings (SSSR count). The highest BCUT2D eigenvalue weighted by Crippen LogP contribution is 2.10. The van der Waals surface area contributed by atoms with Crippen molar-refractivity contribution in [2.75, 3.05) is 0 Å². The van der Waals surface area contributed by atoms with Crippen molar-refractivity contribution in [3.63, 3.8) is 0 Å². The van der Waals surface area contributed by atoms with Crippen molar-refractivity contribution in [2.24, 2.45) is 5.16 Å². The van der Waals surface area contributed by atoms with Gasteiger partial charge in [-0.05, 0) is 49.3 Å². The van der Waals surface area contributed by atoms with E-state index in [2.05, 4.69) is 5.16 Å². The molecule has 0 atom stereocenters.